The van der Waals surface area contributed by atoms with E-state index in [1.54, 1.807) is 0 Å². The second kappa shape index (κ2) is 8.87. The Hall–Kier alpha value is 1.25. The van der Waals surface area contributed by atoms with Gasteiger partial charge in [-0.05, 0) is 0 Å². The van der Waals surface area contributed by atoms with E-state index in [1.807, 2.05) is 0 Å². The van der Waals surface area contributed by atoms with Gasteiger partial charge in [-0.2, -0.15) is 0 Å². The molecule has 0 rings (SSSR count). The molecular formula is C2H6AlTi. The first-order valence-electron chi connectivity index (χ1n) is 1.15. The summed E-state index contributed by atoms with van der Waals surface area (Å²) in [6.45, 7) is 0. The summed E-state index contributed by atoms with van der Waals surface area (Å²) in [4.78, 5) is 0. The van der Waals surface area contributed by atoms with Crippen LogP contribution < -0.4 is 0 Å². The molecule has 0 aromatic rings. The van der Waals surface area contributed by atoms with Gasteiger partial charge in [-0.3, -0.25) is 0 Å². The predicted octanol–water partition coefficient (Wildman–Crippen LogP) is 0.784. The Morgan fingerprint density at radius 2 is 1.25 bits per heavy atom. The summed E-state index contributed by atoms with van der Waals surface area (Å²) in [5, 5.41) is 0. The van der Waals surface area contributed by atoms with Gasteiger partial charge in [0.15, 0.2) is 15.2 Å². The molecular weight excluding hydrogens is 98.9 g/mol. The Morgan fingerprint density at radius 1 is 1.25 bits per heavy atom. The van der Waals surface area contributed by atoms with Gasteiger partial charge in [-0.15, -0.1) is 11.6 Å². The van der Waals surface area contributed by atoms with Crippen LogP contribution >= 0.6 is 0 Å². The first-order valence-corrected chi connectivity index (χ1v) is 3.46. The van der Waals surface area contributed by atoms with Crippen LogP contribution in [-0.4, -0.2) is 15.2 Å². The average Bonchev–Trinajstić information content (AvgIpc) is 0.918. The second-order valence-electron chi connectivity index (χ2n) is 0.577. The zero-order valence-corrected chi connectivity index (χ0v) is 5.79. The Labute approximate surface area is 48.6 Å². The molecule has 0 aliphatic heterocycles. The van der Waals surface area contributed by atoms with Crippen LogP contribution in [0.5, 0.6) is 0 Å². The molecule has 0 unspecified atom stereocenters. The molecule has 2 heteroatoms. The van der Waals surface area contributed by atoms with Gasteiger partial charge >= 0.3 is 0 Å². The van der Waals surface area contributed by atoms with Crippen molar-refractivity contribution in [2.24, 2.45) is 0 Å². The molecule has 0 N–H and O–H groups in total. The van der Waals surface area contributed by atoms with Crippen molar-refractivity contribution in [3.63, 3.8) is 0 Å². The van der Waals surface area contributed by atoms with E-state index >= 15 is 0 Å². The van der Waals surface area contributed by atoms with Crippen LogP contribution in [-0.2, 0) is 21.7 Å². The van der Waals surface area contributed by atoms with E-state index in [4.69, 9.17) is 0 Å². The van der Waals surface area contributed by atoms with Crippen molar-refractivity contribution in [2.75, 3.05) is 0 Å². The largest absolute Gasteiger partial charge is 0.191 e. The first-order chi connectivity index (χ1) is 1.41. The molecule has 0 amide bonds. The van der Waals surface area contributed by atoms with Gasteiger partial charge in [0.05, 0.1) is 0 Å². The van der Waals surface area contributed by atoms with Crippen molar-refractivity contribution in [2.45, 2.75) is 11.6 Å². The molecule has 0 aliphatic rings. The van der Waals surface area contributed by atoms with Gasteiger partial charge in [0.1, 0.15) is 0 Å². The summed E-state index contributed by atoms with van der Waals surface area (Å²) >= 11 is 0.750. The molecule has 0 spiro atoms. The predicted molar refractivity (Wildman–Crippen MR) is 17.5 cm³/mol. The molecule has 0 atom stereocenters. The van der Waals surface area contributed by atoms with Crippen LogP contribution in [0.15, 0.2) is 0 Å². The summed E-state index contributed by atoms with van der Waals surface area (Å²) in [5.74, 6) is 4.42. The Morgan fingerprint density at radius 3 is 1.25 bits per heavy atom. The smallest absolute Gasteiger partial charge is 0.115 e. The monoisotopic (exact) mass is 105 g/mol. The fraction of sp³-hybridized carbons (Fsp3) is 1.00. The molecule has 21 valence electrons. The van der Waals surface area contributed by atoms with E-state index < -0.39 is 0 Å². The zero-order valence-electron chi connectivity index (χ0n) is 3.08. The summed E-state index contributed by atoms with van der Waals surface area (Å²) in [6.07, 6.45) is 0. The van der Waals surface area contributed by atoms with Crippen LogP contribution in [0.2, 0.25) is 11.6 Å². The van der Waals surface area contributed by atoms with Gasteiger partial charge in [0.25, 0.3) is 0 Å². The standard InChI is InChI=1S/2CH3.Al.Ti/h2*1H3;;. The number of hydrogen-bond acceptors (Lipinski definition) is 0. The van der Waals surface area contributed by atoms with Gasteiger partial charge in [-0.1, -0.05) is 0 Å². The minimum atomic E-state index is 0. The minimum absolute atomic E-state index is 0. The Bertz CT molecular complexity index is 6.00. The third kappa shape index (κ3) is 10.5. The summed E-state index contributed by atoms with van der Waals surface area (Å²) in [6, 6.07) is 0. The third-order valence-corrected chi connectivity index (χ3v) is 0. The van der Waals surface area contributed by atoms with E-state index in [1.165, 1.54) is 0 Å². The minimum Gasteiger partial charge on any atom is -0.115 e. The van der Waals surface area contributed by atoms with Gasteiger partial charge in [-0.25, -0.2) is 0 Å². The van der Waals surface area contributed by atoms with Gasteiger partial charge < -0.3 is 0 Å². The Kier molecular flexibility index (Phi) is 19.9. The molecule has 0 aliphatic carbocycles. The molecule has 4 heavy (non-hydrogen) atoms. The SMILES string of the molecule is [CH3][Al][CH3].[Ti]. The molecule has 0 nitrogen and oxygen atoms in total. The van der Waals surface area contributed by atoms with Crippen molar-refractivity contribution >= 4 is 15.2 Å². The topological polar surface area (TPSA) is 0 Å². The Balaban J connectivity index is 0. The van der Waals surface area contributed by atoms with E-state index in [2.05, 4.69) is 11.6 Å². The molecule has 0 heterocycles. The quantitative estimate of drug-likeness (QED) is 0.399. The summed E-state index contributed by atoms with van der Waals surface area (Å²) < 4.78 is 0. The maximum atomic E-state index is 2.21. The van der Waals surface area contributed by atoms with Gasteiger partial charge in [0.2, 0.25) is 0 Å². The molecule has 0 aromatic heterocycles. The second-order valence-corrected chi connectivity index (χ2v) is 1.73. The normalized spacial score (nSPS) is 3.50. The maximum absolute atomic E-state index is 2.21. The van der Waals surface area contributed by atoms with Crippen LogP contribution in [0.3, 0.4) is 0 Å². The van der Waals surface area contributed by atoms with Crippen molar-refractivity contribution < 1.29 is 21.7 Å². The number of rotatable bonds is 0. The number of hydrogen-bond donors (Lipinski definition) is 0. The molecule has 0 saturated heterocycles. The van der Waals surface area contributed by atoms with Crippen molar-refractivity contribution in [3.05, 3.63) is 0 Å². The zero-order chi connectivity index (χ0) is 2.71. The average molecular weight is 105 g/mol. The first kappa shape index (κ1) is 8.98. The van der Waals surface area contributed by atoms with Crippen LogP contribution in [0.1, 0.15) is 0 Å². The molecule has 0 aromatic carbocycles. The summed E-state index contributed by atoms with van der Waals surface area (Å²) in [7, 11) is 0. The van der Waals surface area contributed by atoms with E-state index in [9.17, 15) is 0 Å². The molecule has 0 bridgehead atoms. The summed E-state index contributed by atoms with van der Waals surface area (Å²) in [5.41, 5.74) is 0. The van der Waals surface area contributed by atoms with E-state index in [0.29, 0.717) is 0 Å². The van der Waals surface area contributed by atoms with Crippen molar-refractivity contribution in [3.8, 4) is 0 Å². The molecule has 0 saturated carbocycles. The fourth-order valence-corrected chi connectivity index (χ4v) is 0. The van der Waals surface area contributed by atoms with E-state index in [-0.39, 0.29) is 21.7 Å². The van der Waals surface area contributed by atoms with E-state index in [0.717, 1.165) is 15.2 Å². The van der Waals surface area contributed by atoms with Crippen LogP contribution in [0.4, 0.5) is 0 Å². The van der Waals surface area contributed by atoms with Gasteiger partial charge in [0, 0.05) is 21.7 Å². The van der Waals surface area contributed by atoms with Crippen molar-refractivity contribution in [1.82, 2.24) is 0 Å². The van der Waals surface area contributed by atoms with Crippen LogP contribution in [0.25, 0.3) is 0 Å². The maximum Gasteiger partial charge on any atom is 0.191 e. The third-order valence-electron chi connectivity index (χ3n) is 0. The van der Waals surface area contributed by atoms with Crippen LogP contribution in [0, 0.1) is 0 Å². The van der Waals surface area contributed by atoms with Crippen molar-refractivity contribution in [1.29, 1.82) is 0 Å². The molecule has 0 fully saturated rings. The molecule has 1 radical (unpaired) electrons. The fourth-order valence-electron chi connectivity index (χ4n) is 0.